The average molecular weight is 281 g/mol. The fourth-order valence-corrected chi connectivity index (χ4v) is 2.14. The van der Waals surface area contributed by atoms with Gasteiger partial charge < -0.3 is 15.6 Å². The monoisotopic (exact) mass is 281 g/mol. The summed E-state index contributed by atoms with van der Waals surface area (Å²) in [6, 6.07) is 9.78. The van der Waals surface area contributed by atoms with E-state index in [1.54, 1.807) is 0 Å². The van der Waals surface area contributed by atoms with Gasteiger partial charge in [-0.25, -0.2) is 4.98 Å². The molecular formula is C14H15N7. The molecule has 2 heterocycles. The molecule has 0 radical (unpaired) electrons. The van der Waals surface area contributed by atoms with Crippen molar-refractivity contribution in [2.75, 3.05) is 24.2 Å². The van der Waals surface area contributed by atoms with Gasteiger partial charge in [0.15, 0.2) is 11.6 Å². The molecule has 0 fully saturated rings. The lowest BCUT2D eigenvalue weighted by atomic mass is 10.3. The Bertz CT molecular complexity index is 804. The maximum Gasteiger partial charge on any atom is 0.231 e. The molecule has 7 heteroatoms. The average Bonchev–Trinajstić information content (AvgIpc) is 3.06. The number of benzene rings is 1. The molecule has 3 aromatic rings. The molecule has 0 aliphatic heterocycles. The number of nitrogens with one attached hydrogen (secondary N) is 1. The van der Waals surface area contributed by atoms with Crippen LogP contribution < -0.4 is 10.6 Å². The van der Waals surface area contributed by atoms with Crippen LogP contribution >= 0.6 is 0 Å². The van der Waals surface area contributed by atoms with Gasteiger partial charge in [0, 0.05) is 13.6 Å². The van der Waals surface area contributed by atoms with Crippen molar-refractivity contribution in [2.24, 2.45) is 0 Å². The van der Waals surface area contributed by atoms with Crippen LogP contribution in [-0.2, 0) is 0 Å². The summed E-state index contributed by atoms with van der Waals surface area (Å²) in [5.41, 5.74) is 8.13. The molecule has 0 aliphatic carbocycles. The molecule has 0 saturated heterocycles. The van der Waals surface area contributed by atoms with Crippen LogP contribution in [0, 0.1) is 11.3 Å². The standard InChI is InChI=1S/C14H15N7/c1-3-20(2)13-9(8-15)12(16)21(19-13)14-17-10-6-4-5-7-11(10)18-14/h4-7H,3,16H2,1-2H3,(H,17,18). The Morgan fingerprint density at radius 2 is 2.19 bits per heavy atom. The quantitative estimate of drug-likeness (QED) is 0.760. The fraction of sp³-hybridized carbons (Fsp3) is 0.214. The zero-order valence-corrected chi connectivity index (χ0v) is 11.8. The van der Waals surface area contributed by atoms with E-state index in [1.165, 1.54) is 4.68 Å². The molecule has 0 unspecified atom stereocenters. The summed E-state index contributed by atoms with van der Waals surface area (Å²) in [7, 11) is 1.87. The second kappa shape index (κ2) is 4.83. The van der Waals surface area contributed by atoms with Crippen LogP contribution in [0.15, 0.2) is 24.3 Å². The van der Waals surface area contributed by atoms with Gasteiger partial charge in [-0.15, -0.1) is 5.10 Å². The first kappa shape index (κ1) is 13.0. The van der Waals surface area contributed by atoms with E-state index in [1.807, 2.05) is 43.1 Å². The largest absolute Gasteiger partial charge is 0.382 e. The molecule has 3 rings (SSSR count). The van der Waals surface area contributed by atoms with Gasteiger partial charge >= 0.3 is 0 Å². The molecule has 106 valence electrons. The highest BCUT2D eigenvalue weighted by Crippen LogP contribution is 2.26. The number of hydrogen-bond acceptors (Lipinski definition) is 5. The minimum absolute atomic E-state index is 0.284. The molecule has 3 N–H and O–H groups in total. The molecule has 0 amide bonds. The topological polar surface area (TPSA) is 99.6 Å². The number of para-hydroxylation sites is 2. The van der Waals surface area contributed by atoms with E-state index in [0.29, 0.717) is 17.3 Å². The van der Waals surface area contributed by atoms with Crippen molar-refractivity contribution >= 4 is 22.7 Å². The zero-order valence-electron chi connectivity index (χ0n) is 11.8. The number of H-pyrrole nitrogens is 1. The minimum atomic E-state index is 0.284. The van der Waals surface area contributed by atoms with Crippen LogP contribution in [-0.4, -0.2) is 33.3 Å². The highest BCUT2D eigenvalue weighted by Gasteiger charge is 2.20. The summed E-state index contributed by atoms with van der Waals surface area (Å²) in [5.74, 6) is 1.34. The molecule has 21 heavy (non-hydrogen) atoms. The normalized spacial score (nSPS) is 10.7. The summed E-state index contributed by atoms with van der Waals surface area (Å²) >= 11 is 0. The molecule has 0 atom stereocenters. The first-order valence-electron chi connectivity index (χ1n) is 6.60. The van der Waals surface area contributed by atoms with Crippen molar-refractivity contribution in [3.63, 3.8) is 0 Å². The first-order chi connectivity index (χ1) is 10.2. The highest BCUT2D eigenvalue weighted by molar-refractivity contribution is 5.76. The van der Waals surface area contributed by atoms with Gasteiger partial charge in [-0.2, -0.15) is 9.94 Å². The molecule has 0 aliphatic rings. The van der Waals surface area contributed by atoms with E-state index >= 15 is 0 Å². The highest BCUT2D eigenvalue weighted by atomic mass is 15.4. The number of fused-ring (bicyclic) bond motifs is 1. The summed E-state index contributed by atoms with van der Waals surface area (Å²) in [6.07, 6.45) is 0. The lowest BCUT2D eigenvalue weighted by molar-refractivity contribution is 0.817. The molecule has 1 aromatic carbocycles. The fourth-order valence-electron chi connectivity index (χ4n) is 2.14. The zero-order chi connectivity index (χ0) is 15.0. The van der Waals surface area contributed by atoms with E-state index < -0.39 is 0 Å². The molecule has 7 nitrogen and oxygen atoms in total. The van der Waals surface area contributed by atoms with Crippen LogP contribution in [0.4, 0.5) is 11.6 Å². The van der Waals surface area contributed by atoms with E-state index in [-0.39, 0.29) is 5.82 Å². The second-order valence-electron chi connectivity index (χ2n) is 4.70. The summed E-state index contributed by atoms with van der Waals surface area (Å²) in [6.45, 7) is 2.71. The molecular weight excluding hydrogens is 266 g/mol. The number of nitrogens with two attached hydrogens (primary N) is 1. The van der Waals surface area contributed by atoms with Gasteiger partial charge in [0.1, 0.15) is 11.6 Å². The minimum Gasteiger partial charge on any atom is -0.382 e. The molecule has 2 aromatic heterocycles. The number of nitrogen functional groups attached to an aromatic ring is 1. The number of nitrogens with zero attached hydrogens (tertiary/aromatic N) is 5. The van der Waals surface area contributed by atoms with Gasteiger partial charge in [-0.3, -0.25) is 0 Å². The van der Waals surface area contributed by atoms with Crippen molar-refractivity contribution in [3.8, 4) is 12.0 Å². The van der Waals surface area contributed by atoms with Gasteiger partial charge in [-0.05, 0) is 19.1 Å². The van der Waals surface area contributed by atoms with Crippen LogP contribution in [0.3, 0.4) is 0 Å². The predicted molar refractivity (Wildman–Crippen MR) is 81.3 cm³/mol. The Hall–Kier alpha value is -3.01. The Labute approximate surface area is 121 Å². The summed E-state index contributed by atoms with van der Waals surface area (Å²) < 4.78 is 1.47. The van der Waals surface area contributed by atoms with Crippen LogP contribution in [0.1, 0.15) is 12.5 Å². The summed E-state index contributed by atoms with van der Waals surface area (Å²) in [4.78, 5) is 9.48. The number of imidazole rings is 1. The van der Waals surface area contributed by atoms with Crippen LogP contribution in [0.5, 0.6) is 0 Å². The number of aromatic nitrogens is 4. The third-order valence-electron chi connectivity index (χ3n) is 3.43. The smallest absolute Gasteiger partial charge is 0.231 e. The Balaban J connectivity index is 2.18. The van der Waals surface area contributed by atoms with Crippen molar-refractivity contribution in [2.45, 2.75) is 6.92 Å². The maximum absolute atomic E-state index is 9.30. The van der Waals surface area contributed by atoms with Crippen molar-refractivity contribution in [1.82, 2.24) is 19.7 Å². The number of anilines is 2. The van der Waals surface area contributed by atoms with Crippen molar-refractivity contribution in [1.29, 1.82) is 5.26 Å². The Kier molecular flexibility index (Phi) is 2.99. The van der Waals surface area contributed by atoms with Crippen molar-refractivity contribution in [3.05, 3.63) is 29.8 Å². The third kappa shape index (κ3) is 1.97. The SMILES string of the molecule is CCN(C)c1nn(-c2nc3ccccc3[nH]2)c(N)c1C#N. The van der Waals surface area contributed by atoms with Gasteiger partial charge in [0.2, 0.25) is 5.95 Å². The second-order valence-corrected chi connectivity index (χ2v) is 4.70. The molecule has 0 saturated carbocycles. The van der Waals surface area contributed by atoms with Crippen LogP contribution in [0.25, 0.3) is 17.0 Å². The van der Waals surface area contributed by atoms with Gasteiger partial charge in [0.25, 0.3) is 0 Å². The number of rotatable bonds is 3. The van der Waals surface area contributed by atoms with E-state index in [9.17, 15) is 5.26 Å². The molecule has 0 bridgehead atoms. The summed E-state index contributed by atoms with van der Waals surface area (Å²) in [5, 5.41) is 13.7. The molecule has 0 spiro atoms. The first-order valence-corrected chi connectivity index (χ1v) is 6.60. The maximum atomic E-state index is 9.30. The Morgan fingerprint density at radius 1 is 1.43 bits per heavy atom. The predicted octanol–water partition coefficient (Wildman–Crippen LogP) is 1.66. The lowest BCUT2D eigenvalue weighted by Crippen LogP contribution is -2.17. The number of aromatic amines is 1. The van der Waals surface area contributed by atoms with Crippen molar-refractivity contribution < 1.29 is 0 Å². The lowest BCUT2D eigenvalue weighted by Gasteiger charge is -2.12. The Morgan fingerprint density at radius 3 is 2.86 bits per heavy atom. The van der Waals surface area contributed by atoms with Gasteiger partial charge in [0.05, 0.1) is 11.0 Å². The van der Waals surface area contributed by atoms with E-state index in [2.05, 4.69) is 21.1 Å². The number of hydrogen-bond donors (Lipinski definition) is 2. The third-order valence-corrected chi connectivity index (χ3v) is 3.43. The van der Waals surface area contributed by atoms with Crippen LogP contribution in [0.2, 0.25) is 0 Å². The van der Waals surface area contributed by atoms with E-state index in [4.69, 9.17) is 5.73 Å². The van der Waals surface area contributed by atoms with E-state index in [0.717, 1.165) is 17.6 Å². The number of nitriles is 1. The van der Waals surface area contributed by atoms with Gasteiger partial charge in [-0.1, -0.05) is 12.1 Å².